The van der Waals surface area contributed by atoms with Gasteiger partial charge < -0.3 is 0 Å². The Morgan fingerprint density at radius 1 is 0.636 bits per heavy atom. The van der Waals surface area contributed by atoms with Crippen molar-refractivity contribution < 1.29 is 9.59 Å². The molecule has 0 aliphatic heterocycles. The zero-order valence-corrected chi connectivity index (χ0v) is 12.1. The van der Waals surface area contributed by atoms with Gasteiger partial charge in [0.05, 0.1) is 0 Å². The molecule has 2 bridgehead atoms. The molecule has 2 heteroatoms. The van der Waals surface area contributed by atoms with Crippen LogP contribution in [-0.4, -0.2) is 11.6 Å². The molecule has 0 N–H and O–H groups in total. The highest BCUT2D eigenvalue weighted by atomic mass is 16.1. The third-order valence-corrected chi connectivity index (χ3v) is 6.00. The van der Waals surface area contributed by atoms with Crippen LogP contribution in [0, 0.1) is 23.7 Å². The Morgan fingerprint density at radius 2 is 1.09 bits per heavy atom. The van der Waals surface area contributed by atoms with E-state index in [1.165, 1.54) is 23.3 Å². The molecule has 6 atom stereocenters. The van der Waals surface area contributed by atoms with Crippen molar-refractivity contribution in [2.75, 3.05) is 0 Å². The third kappa shape index (κ3) is 1.36. The lowest BCUT2D eigenvalue weighted by Crippen LogP contribution is -2.53. The van der Waals surface area contributed by atoms with Gasteiger partial charge in [-0.25, -0.2) is 0 Å². The fourth-order valence-corrected chi connectivity index (χ4v) is 5.30. The van der Waals surface area contributed by atoms with E-state index in [1.54, 1.807) is 0 Å². The van der Waals surface area contributed by atoms with Crippen LogP contribution in [0.3, 0.4) is 0 Å². The van der Waals surface area contributed by atoms with Crippen LogP contribution < -0.4 is 0 Å². The minimum atomic E-state index is -0.171. The maximum atomic E-state index is 12.6. The molecule has 22 heavy (non-hydrogen) atoms. The third-order valence-electron chi connectivity index (χ3n) is 6.00. The van der Waals surface area contributed by atoms with Crippen LogP contribution in [0.2, 0.25) is 0 Å². The van der Waals surface area contributed by atoms with Crippen LogP contribution in [0.1, 0.15) is 23.0 Å². The van der Waals surface area contributed by atoms with Gasteiger partial charge in [-0.2, -0.15) is 0 Å². The minimum Gasteiger partial charge on any atom is -0.294 e. The summed E-state index contributed by atoms with van der Waals surface area (Å²) in [6.45, 7) is 0. The van der Waals surface area contributed by atoms with Crippen molar-refractivity contribution >= 4 is 11.6 Å². The Morgan fingerprint density at radius 3 is 1.55 bits per heavy atom. The molecule has 1 saturated carbocycles. The Balaban J connectivity index is 1.80. The summed E-state index contributed by atoms with van der Waals surface area (Å²) in [5, 5.41) is 0. The van der Waals surface area contributed by atoms with Crippen molar-refractivity contribution in [2.45, 2.75) is 11.8 Å². The summed E-state index contributed by atoms with van der Waals surface area (Å²) < 4.78 is 0. The number of carbonyl (C=O) groups is 2. The van der Waals surface area contributed by atoms with Crippen molar-refractivity contribution in [3.05, 3.63) is 71.8 Å². The van der Waals surface area contributed by atoms with Gasteiger partial charge in [0.2, 0.25) is 0 Å². The average Bonchev–Trinajstić information content (AvgIpc) is 2.58. The van der Waals surface area contributed by atoms with E-state index in [4.69, 9.17) is 0 Å². The minimum absolute atomic E-state index is 0.135. The largest absolute Gasteiger partial charge is 0.294 e. The summed E-state index contributed by atoms with van der Waals surface area (Å²) in [6, 6.07) is 8.41. The smallest absolute Gasteiger partial charge is 0.160 e. The molecule has 0 heterocycles. The average molecular weight is 288 g/mol. The number of allylic oxidation sites excluding steroid dienone is 6. The molecule has 5 aliphatic carbocycles. The van der Waals surface area contributed by atoms with Gasteiger partial charge in [-0.15, -0.1) is 0 Å². The Kier molecular flexibility index (Phi) is 2.33. The molecule has 2 nitrogen and oxygen atoms in total. The molecule has 1 aromatic rings. The molecule has 5 aliphatic rings. The van der Waals surface area contributed by atoms with E-state index in [1.807, 2.05) is 0 Å². The fraction of sp³-hybridized carbons (Fsp3) is 0.300. The molecular weight excluding hydrogens is 272 g/mol. The first-order valence-corrected chi connectivity index (χ1v) is 7.97. The second-order valence-electron chi connectivity index (χ2n) is 6.79. The summed E-state index contributed by atoms with van der Waals surface area (Å²) in [4.78, 5) is 25.1. The van der Waals surface area contributed by atoms with Crippen molar-refractivity contribution in [2.24, 2.45) is 23.7 Å². The molecule has 0 spiro atoms. The number of rotatable bonds is 0. The normalized spacial score (nSPS) is 40.4. The zero-order valence-electron chi connectivity index (χ0n) is 12.1. The van der Waals surface area contributed by atoms with Crippen LogP contribution in [0.4, 0.5) is 0 Å². The van der Waals surface area contributed by atoms with Crippen molar-refractivity contribution in [1.29, 1.82) is 0 Å². The van der Waals surface area contributed by atoms with Crippen LogP contribution >= 0.6 is 0 Å². The lowest BCUT2D eigenvalue weighted by Gasteiger charge is -2.56. The highest BCUT2D eigenvalue weighted by molar-refractivity contribution is 6.08. The molecule has 0 amide bonds. The summed E-state index contributed by atoms with van der Waals surface area (Å²) in [6.07, 6.45) is 11.7. The summed E-state index contributed by atoms with van der Waals surface area (Å²) in [5.74, 6) is 0.886. The summed E-state index contributed by atoms with van der Waals surface area (Å²) in [7, 11) is 0. The van der Waals surface area contributed by atoms with Crippen LogP contribution in [0.5, 0.6) is 0 Å². The van der Waals surface area contributed by atoms with Gasteiger partial charge in [-0.05, 0) is 35.1 Å². The summed E-state index contributed by atoms with van der Waals surface area (Å²) in [5.41, 5.74) is 2.57. The lowest BCUT2D eigenvalue weighted by atomic mass is 9.46. The van der Waals surface area contributed by atoms with Gasteiger partial charge in [0.1, 0.15) is 0 Å². The van der Waals surface area contributed by atoms with Gasteiger partial charge in [-0.1, -0.05) is 48.6 Å². The zero-order chi connectivity index (χ0) is 14.8. The van der Waals surface area contributed by atoms with Crippen molar-refractivity contribution in [1.82, 2.24) is 0 Å². The Labute approximate surface area is 129 Å². The van der Waals surface area contributed by atoms with E-state index in [0.29, 0.717) is 11.8 Å². The highest BCUT2D eigenvalue weighted by Gasteiger charge is 2.59. The topological polar surface area (TPSA) is 34.1 Å². The Hall–Kier alpha value is -2.22. The molecule has 1 fully saturated rings. The quantitative estimate of drug-likeness (QED) is 0.735. The van der Waals surface area contributed by atoms with E-state index in [2.05, 4.69) is 48.6 Å². The second kappa shape index (κ2) is 4.16. The molecule has 6 rings (SSSR count). The van der Waals surface area contributed by atoms with E-state index in [9.17, 15) is 9.59 Å². The van der Waals surface area contributed by atoms with Crippen LogP contribution in [-0.2, 0) is 9.59 Å². The number of hydrogen-bond donors (Lipinski definition) is 0. The number of hydrogen-bond acceptors (Lipinski definition) is 2. The van der Waals surface area contributed by atoms with E-state index < -0.39 is 0 Å². The molecule has 0 aromatic heterocycles. The number of ketones is 2. The Bertz CT molecular complexity index is 718. The van der Waals surface area contributed by atoms with Crippen molar-refractivity contribution in [3.63, 3.8) is 0 Å². The van der Waals surface area contributed by atoms with Crippen LogP contribution in [0.25, 0.3) is 0 Å². The van der Waals surface area contributed by atoms with Gasteiger partial charge >= 0.3 is 0 Å². The van der Waals surface area contributed by atoms with Crippen LogP contribution in [0.15, 0.2) is 60.7 Å². The van der Waals surface area contributed by atoms with Gasteiger partial charge in [0, 0.05) is 23.7 Å². The molecule has 0 radical (unpaired) electrons. The second-order valence-corrected chi connectivity index (χ2v) is 6.79. The molecule has 108 valence electrons. The first-order valence-electron chi connectivity index (χ1n) is 7.97. The predicted octanol–water partition coefficient (Wildman–Crippen LogP) is 3.18. The maximum Gasteiger partial charge on any atom is 0.160 e. The summed E-state index contributed by atoms with van der Waals surface area (Å²) >= 11 is 0. The van der Waals surface area contributed by atoms with Gasteiger partial charge in [0.15, 0.2) is 11.6 Å². The van der Waals surface area contributed by atoms with E-state index in [0.717, 1.165) is 0 Å². The standard InChI is InChI=1S/C20H16O2/c21-15-9-10-16(22)20-18-12-6-2-1-5-11(12)17(19(15)20)13-7-3-4-8-14(13)18/h1-12,17-20H/t11-,12-,17-,18-,19+,20+/m0/s1. The molecule has 1 aromatic carbocycles. The highest BCUT2D eigenvalue weighted by Crippen LogP contribution is 2.63. The SMILES string of the molecule is O=C1C=CC(=O)[C@H]2[C@H]1[C@@H]1c3ccccc3[C@@H]2[C@H]2C=CC=C[C@@H]21. The van der Waals surface area contributed by atoms with E-state index >= 15 is 0 Å². The molecule has 0 unspecified atom stereocenters. The first-order chi connectivity index (χ1) is 10.8. The maximum absolute atomic E-state index is 12.6. The van der Waals surface area contributed by atoms with E-state index in [-0.39, 0.29) is 35.2 Å². The molecular formula is C20H16O2. The fourth-order valence-electron chi connectivity index (χ4n) is 5.30. The first kappa shape index (κ1) is 12.3. The lowest BCUT2D eigenvalue weighted by molar-refractivity contribution is -0.135. The number of benzene rings is 1. The molecule has 0 saturated heterocycles. The monoisotopic (exact) mass is 288 g/mol. The van der Waals surface area contributed by atoms with Crippen molar-refractivity contribution in [3.8, 4) is 0 Å². The predicted molar refractivity (Wildman–Crippen MR) is 83.3 cm³/mol. The van der Waals surface area contributed by atoms with Gasteiger partial charge in [0.25, 0.3) is 0 Å². The van der Waals surface area contributed by atoms with Gasteiger partial charge in [-0.3, -0.25) is 9.59 Å². The number of carbonyl (C=O) groups excluding carboxylic acids is 2.